The maximum absolute atomic E-state index is 11.5. The lowest BCUT2D eigenvalue weighted by molar-refractivity contribution is -0.117. The molecule has 0 radical (unpaired) electrons. The normalized spacial score (nSPS) is 9.70. The van der Waals surface area contributed by atoms with E-state index >= 15 is 0 Å². The largest absolute Gasteiger partial charge is 0.465 e. The molecular formula is C13H15NO5S. The number of carbonyl (C=O) groups excluding carboxylic acids is 3. The Labute approximate surface area is 120 Å². The smallest absolute Gasteiger partial charge is 0.413 e. The van der Waals surface area contributed by atoms with Crippen molar-refractivity contribution in [1.82, 2.24) is 5.32 Å². The van der Waals surface area contributed by atoms with Crippen LogP contribution in [0, 0.1) is 0 Å². The predicted octanol–water partition coefficient (Wildman–Crippen LogP) is 1.84. The first-order valence-corrected chi connectivity index (χ1v) is 6.83. The van der Waals surface area contributed by atoms with Crippen LogP contribution >= 0.6 is 11.8 Å². The average Bonchev–Trinajstić information content (AvgIpc) is 2.44. The molecule has 2 amide bonds. The van der Waals surface area contributed by atoms with Gasteiger partial charge < -0.3 is 9.47 Å². The van der Waals surface area contributed by atoms with E-state index in [9.17, 15) is 14.4 Å². The van der Waals surface area contributed by atoms with Gasteiger partial charge in [0, 0.05) is 4.90 Å². The quantitative estimate of drug-likeness (QED) is 0.659. The second-order valence-electron chi connectivity index (χ2n) is 3.55. The van der Waals surface area contributed by atoms with Gasteiger partial charge in [-0.2, -0.15) is 0 Å². The zero-order valence-corrected chi connectivity index (χ0v) is 12.0. The van der Waals surface area contributed by atoms with Gasteiger partial charge in [0.05, 0.1) is 25.0 Å². The van der Waals surface area contributed by atoms with Gasteiger partial charge in [-0.1, -0.05) is 12.1 Å². The Balaban J connectivity index is 2.59. The summed E-state index contributed by atoms with van der Waals surface area (Å²) in [6, 6.07) is 6.76. The maximum Gasteiger partial charge on any atom is 0.413 e. The number of ether oxygens (including phenoxy) is 2. The van der Waals surface area contributed by atoms with E-state index in [0.717, 1.165) is 11.8 Å². The Morgan fingerprint density at radius 3 is 2.60 bits per heavy atom. The van der Waals surface area contributed by atoms with Crippen molar-refractivity contribution in [3.05, 3.63) is 29.8 Å². The van der Waals surface area contributed by atoms with Crippen molar-refractivity contribution in [2.45, 2.75) is 11.8 Å². The van der Waals surface area contributed by atoms with Crippen LogP contribution in [0.2, 0.25) is 0 Å². The highest BCUT2D eigenvalue weighted by Crippen LogP contribution is 2.22. The zero-order valence-electron chi connectivity index (χ0n) is 11.2. The monoisotopic (exact) mass is 297 g/mol. The molecule has 0 aliphatic heterocycles. The molecular weight excluding hydrogens is 282 g/mol. The number of hydrogen-bond acceptors (Lipinski definition) is 6. The summed E-state index contributed by atoms with van der Waals surface area (Å²) in [6.45, 7) is 1.84. The predicted molar refractivity (Wildman–Crippen MR) is 73.7 cm³/mol. The number of amides is 2. The SMILES string of the molecule is CCOC(=O)NC(=O)CSc1ccccc1C(=O)OC. The van der Waals surface area contributed by atoms with E-state index in [1.807, 2.05) is 0 Å². The summed E-state index contributed by atoms with van der Waals surface area (Å²) in [5.41, 5.74) is 0.379. The molecule has 0 aliphatic rings. The molecule has 0 fully saturated rings. The second kappa shape index (κ2) is 8.21. The lowest BCUT2D eigenvalue weighted by Crippen LogP contribution is -2.32. The third kappa shape index (κ3) is 4.93. The molecule has 1 rings (SSSR count). The van der Waals surface area contributed by atoms with Gasteiger partial charge in [-0.05, 0) is 19.1 Å². The minimum Gasteiger partial charge on any atom is -0.465 e. The first-order valence-electron chi connectivity index (χ1n) is 5.85. The Morgan fingerprint density at radius 1 is 1.25 bits per heavy atom. The van der Waals surface area contributed by atoms with Crippen molar-refractivity contribution in [1.29, 1.82) is 0 Å². The Bertz CT molecular complexity index is 503. The number of rotatable bonds is 5. The maximum atomic E-state index is 11.5. The van der Waals surface area contributed by atoms with Crippen LogP contribution < -0.4 is 5.32 Å². The second-order valence-corrected chi connectivity index (χ2v) is 4.56. The Morgan fingerprint density at radius 2 is 1.95 bits per heavy atom. The first-order chi connectivity index (χ1) is 9.58. The van der Waals surface area contributed by atoms with E-state index in [4.69, 9.17) is 0 Å². The third-order valence-electron chi connectivity index (χ3n) is 2.17. The topological polar surface area (TPSA) is 81.7 Å². The minimum atomic E-state index is -0.778. The van der Waals surface area contributed by atoms with Crippen LogP contribution in [-0.4, -0.2) is 37.4 Å². The van der Waals surface area contributed by atoms with Crippen LogP contribution in [0.1, 0.15) is 17.3 Å². The molecule has 1 aromatic carbocycles. The van der Waals surface area contributed by atoms with Crippen LogP contribution in [0.15, 0.2) is 29.2 Å². The molecule has 20 heavy (non-hydrogen) atoms. The van der Waals surface area contributed by atoms with Gasteiger partial charge in [-0.15, -0.1) is 11.8 Å². The van der Waals surface area contributed by atoms with Crippen LogP contribution in [0.25, 0.3) is 0 Å². The number of benzene rings is 1. The number of thioether (sulfide) groups is 1. The van der Waals surface area contributed by atoms with E-state index in [2.05, 4.69) is 14.8 Å². The summed E-state index contributed by atoms with van der Waals surface area (Å²) >= 11 is 1.14. The number of imide groups is 1. The lowest BCUT2D eigenvalue weighted by Gasteiger charge is -2.07. The summed E-state index contributed by atoms with van der Waals surface area (Å²) in [5.74, 6) is -0.973. The van der Waals surface area contributed by atoms with Crippen LogP contribution in [0.4, 0.5) is 4.79 Å². The third-order valence-corrected chi connectivity index (χ3v) is 3.24. The summed E-state index contributed by atoms with van der Waals surface area (Å²) in [7, 11) is 1.29. The summed E-state index contributed by atoms with van der Waals surface area (Å²) in [5, 5.41) is 2.08. The van der Waals surface area contributed by atoms with Gasteiger partial charge >= 0.3 is 12.1 Å². The van der Waals surface area contributed by atoms with Crippen LogP contribution in [0.3, 0.4) is 0 Å². The van der Waals surface area contributed by atoms with Crippen molar-refractivity contribution < 1.29 is 23.9 Å². The number of alkyl carbamates (subject to hydrolysis) is 1. The molecule has 108 valence electrons. The molecule has 0 saturated heterocycles. The van der Waals surface area contributed by atoms with Gasteiger partial charge in [-0.25, -0.2) is 9.59 Å². The molecule has 0 aromatic heterocycles. The van der Waals surface area contributed by atoms with Crippen molar-refractivity contribution >= 4 is 29.7 Å². The molecule has 0 bridgehead atoms. The molecule has 0 spiro atoms. The van der Waals surface area contributed by atoms with E-state index in [-0.39, 0.29) is 12.4 Å². The van der Waals surface area contributed by atoms with Gasteiger partial charge in [0.1, 0.15) is 0 Å². The fourth-order valence-corrected chi connectivity index (χ4v) is 2.17. The minimum absolute atomic E-state index is 0.00712. The van der Waals surface area contributed by atoms with Crippen molar-refractivity contribution in [2.75, 3.05) is 19.5 Å². The van der Waals surface area contributed by atoms with Gasteiger partial charge in [0.2, 0.25) is 5.91 Å². The zero-order chi connectivity index (χ0) is 15.0. The molecule has 0 heterocycles. The molecule has 7 heteroatoms. The van der Waals surface area contributed by atoms with Crippen molar-refractivity contribution in [3.8, 4) is 0 Å². The molecule has 1 N–H and O–H groups in total. The highest BCUT2D eigenvalue weighted by Gasteiger charge is 2.14. The highest BCUT2D eigenvalue weighted by atomic mass is 32.2. The fourth-order valence-electron chi connectivity index (χ4n) is 1.33. The van der Waals surface area contributed by atoms with Gasteiger partial charge in [0.25, 0.3) is 0 Å². The molecule has 0 atom stereocenters. The van der Waals surface area contributed by atoms with Crippen molar-refractivity contribution in [2.24, 2.45) is 0 Å². The summed E-state index contributed by atoms with van der Waals surface area (Å²) in [6.07, 6.45) is -0.778. The number of hydrogen-bond donors (Lipinski definition) is 1. The number of methoxy groups -OCH3 is 1. The fraction of sp³-hybridized carbons (Fsp3) is 0.308. The van der Waals surface area contributed by atoms with E-state index in [1.165, 1.54) is 7.11 Å². The molecule has 0 unspecified atom stereocenters. The van der Waals surface area contributed by atoms with E-state index in [1.54, 1.807) is 31.2 Å². The first kappa shape index (κ1) is 16.0. The van der Waals surface area contributed by atoms with Crippen LogP contribution in [-0.2, 0) is 14.3 Å². The molecule has 0 aliphatic carbocycles. The highest BCUT2D eigenvalue weighted by molar-refractivity contribution is 8.00. The van der Waals surface area contributed by atoms with E-state index < -0.39 is 18.0 Å². The summed E-state index contributed by atoms with van der Waals surface area (Å²) in [4.78, 5) is 34.7. The van der Waals surface area contributed by atoms with Crippen LogP contribution in [0.5, 0.6) is 0 Å². The van der Waals surface area contributed by atoms with Crippen molar-refractivity contribution in [3.63, 3.8) is 0 Å². The van der Waals surface area contributed by atoms with E-state index in [0.29, 0.717) is 10.5 Å². The van der Waals surface area contributed by atoms with Gasteiger partial charge in [-0.3, -0.25) is 10.1 Å². The average molecular weight is 297 g/mol. The number of esters is 1. The Kier molecular flexibility index (Phi) is 6.58. The lowest BCUT2D eigenvalue weighted by atomic mass is 10.2. The standard InChI is InChI=1S/C13H15NO5S/c1-3-19-13(17)14-11(15)8-20-10-7-5-4-6-9(10)12(16)18-2/h4-7H,3,8H2,1-2H3,(H,14,15,17). The molecule has 6 nitrogen and oxygen atoms in total. The van der Waals surface area contributed by atoms with Gasteiger partial charge in [0.15, 0.2) is 0 Å². The molecule has 0 saturated carbocycles. The number of nitrogens with one attached hydrogen (secondary N) is 1. The number of carbonyl (C=O) groups is 3. The molecule has 1 aromatic rings. The Hall–Kier alpha value is -2.02. The summed E-state index contributed by atoms with van der Waals surface area (Å²) < 4.78 is 9.24.